The van der Waals surface area contributed by atoms with Crippen molar-refractivity contribution >= 4 is 24.0 Å². The van der Waals surface area contributed by atoms with Gasteiger partial charge in [-0.15, -0.1) is 5.10 Å². The van der Waals surface area contributed by atoms with E-state index in [4.69, 9.17) is 26.1 Å². The molecule has 3 heterocycles. The van der Waals surface area contributed by atoms with E-state index in [1.165, 1.54) is 0 Å². The predicted octanol–water partition coefficient (Wildman–Crippen LogP) is 3.62. The number of rotatable bonds is 8. The summed E-state index contributed by atoms with van der Waals surface area (Å²) < 4.78 is 17.9. The van der Waals surface area contributed by atoms with Crippen LogP contribution in [0.1, 0.15) is 24.2 Å². The number of nitrogens with zero attached hydrogens (tertiary/aromatic N) is 5. The Labute approximate surface area is 197 Å². The van der Waals surface area contributed by atoms with Crippen molar-refractivity contribution in [1.82, 2.24) is 19.7 Å². The molecular formula is C23H27N5O4S. The van der Waals surface area contributed by atoms with Crippen LogP contribution >= 0.6 is 12.2 Å². The normalized spacial score (nSPS) is 14.3. The van der Waals surface area contributed by atoms with Crippen LogP contribution in [-0.4, -0.2) is 65.0 Å². The summed E-state index contributed by atoms with van der Waals surface area (Å²) in [5.41, 5.74) is 1.31. The number of benzene rings is 1. The van der Waals surface area contributed by atoms with E-state index in [2.05, 4.69) is 19.9 Å². The van der Waals surface area contributed by atoms with Gasteiger partial charge in [-0.25, -0.2) is 14.5 Å². The fourth-order valence-corrected chi connectivity index (χ4v) is 3.77. The smallest absolute Gasteiger partial charge is 0.339 e. The van der Waals surface area contributed by atoms with Gasteiger partial charge < -0.3 is 18.8 Å². The van der Waals surface area contributed by atoms with Gasteiger partial charge in [-0.05, 0) is 62.5 Å². The third-order valence-corrected chi connectivity index (χ3v) is 5.60. The van der Waals surface area contributed by atoms with Crippen LogP contribution in [0.2, 0.25) is 0 Å². The van der Waals surface area contributed by atoms with Gasteiger partial charge in [-0.3, -0.25) is 4.90 Å². The lowest BCUT2D eigenvalue weighted by Crippen LogP contribution is -2.47. The SMILES string of the molecule is CCOC(=O)c1ccc(N2CCN(Cn3nc(-c4ccc(OCC)cc4)oc3=S)CC2)nc1. The molecule has 1 aliphatic rings. The van der Waals surface area contributed by atoms with Crippen LogP contribution in [0, 0.1) is 4.84 Å². The minimum absolute atomic E-state index is 0.345. The Morgan fingerprint density at radius 3 is 2.45 bits per heavy atom. The number of carbonyl (C=O) groups is 1. The summed E-state index contributed by atoms with van der Waals surface area (Å²) in [4.78, 5) is 21.0. The second-order valence-corrected chi connectivity index (χ2v) is 7.85. The predicted molar refractivity (Wildman–Crippen MR) is 126 cm³/mol. The Morgan fingerprint density at radius 2 is 1.82 bits per heavy atom. The van der Waals surface area contributed by atoms with Crippen molar-refractivity contribution in [1.29, 1.82) is 0 Å². The molecule has 0 amide bonds. The number of hydrogen-bond acceptors (Lipinski definition) is 9. The number of esters is 1. The molecule has 2 aromatic heterocycles. The lowest BCUT2D eigenvalue weighted by atomic mass is 10.2. The van der Waals surface area contributed by atoms with Crippen molar-refractivity contribution in [3.8, 4) is 17.2 Å². The third kappa shape index (κ3) is 5.58. The first kappa shape index (κ1) is 22.9. The molecule has 4 rings (SSSR count). The fourth-order valence-electron chi connectivity index (χ4n) is 3.59. The highest BCUT2D eigenvalue weighted by molar-refractivity contribution is 7.71. The second-order valence-electron chi connectivity index (χ2n) is 7.50. The first-order chi connectivity index (χ1) is 16.1. The molecule has 0 aliphatic carbocycles. The van der Waals surface area contributed by atoms with Crippen molar-refractivity contribution < 1.29 is 18.7 Å². The zero-order valence-corrected chi connectivity index (χ0v) is 19.6. The van der Waals surface area contributed by atoms with Gasteiger partial charge in [0.2, 0.25) is 5.89 Å². The van der Waals surface area contributed by atoms with Crippen LogP contribution in [-0.2, 0) is 11.4 Å². The van der Waals surface area contributed by atoms with Gasteiger partial charge in [0.25, 0.3) is 4.84 Å². The number of piperazine rings is 1. The zero-order valence-electron chi connectivity index (χ0n) is 18.8. The molecule has 1 saturated heterocycles. The van der Waals surface area contributed by atoms with E-state index in [0.717, 1.165) is 43.3 Å². The number of pyridine rings is 1. The highest BCUT2D eigenvalue weighted by atomic mass is 32.1. The maximum Gasteiger partial charge on any atom is 0.339 e. The fraction of sp³-hybridized carbons (Fsp3) is 0.391. The van der Waals surface area contributed by atoms with Crippen molar-refractivity contribution in [2.75, 3.05) is 44.3 Å². The Hall–Kier alpha value is -3.24. The summed E-state index contributed by atoms with van der Waals surface area (Å²) in [6.45, 7) is 8.53. The highest BCUT2D eigenvalue weighted by Crippen LogP contribution is 2.22. The first-order valence-corrected chi connectivity index (χ1v) is 11.4. The molecule has 0 radical (unpaired) electrons. The number of hydrogen-bond donors (Lipinski definition) is 0. The molecule has 0 spiro atoms. The molecule has 0 unspecified atom stereocenters. The van der Waals surface area contributed by atoms with Crippen molar-refractivity contribution in [2.45, 2.75) is 20.5 Å². The van der Waals surface area contributed by atoms with Crippen molar-refractivity contribution in [3.63, 3.8) is 0 Å². The van der Waals surface area contributed by atoms with E-state index < -0.39 is 0 Å². The lowest BCUT2D eigenvalue weighted by Gasteiger charge is -2.35. The van der Waals surface area contributed by atoms with Crippen molar-refractivity contribution in [2.24, 2.45) is 0 Å². The second kappa shape index (κ2) is 10.6. The van der Waals surface area contributed by atoms with E-state index in [9.17, 15) is 4.79 Å². The molecule has 0 saturated carbocycles. The van der Waals surface area contributed by atoms with Crippen molar-refractivity contribution in [3.05, 3.63) is 53.0 Å². The number of aromatic nitrogens is 3. The maximum absolute atomic E-state index is 11.8. The molecule has 174 valence electrons. The molecule has 1 aromatic carbocycles. The van der Waals surface area contributed by atoms with Crippen LogP contribution < -0.4 is 9.64 Å². The number of anilines is 1. The van der Waals surface area contributed by atoms with Crippen LogP contribution in [0.25, 0.3) is 11.5 Å². The van der Waals surface area contributed by atoms with Gasteiger partial charge in [0.15, 0.2) is 0 Å². The van der Waals surface area contributed by atoms with Gasteiger partial charge >= 0.3 is 5.97 Å². The Morgan fingerprint density at radius 1 is 1.06 bits per heavy atom. The van der Waals surface area contributed by atoms with Gasteiger partial charge in [0.1, 0.15) is 11.6 Å². The molecule has 10 heteroatoms. The molecule has 0 N–H and O–H groups in total. The van der Waals surface area contributed by atoms with Crippen LogP contribution in [0.4, 0.5) is 5.82 Å². The van der Waals surface area contributed by atoms with E-state index in [1.54, 1.807) is 23.9 Å². The monoisotopic (exact) mass is 469 g/mol. The van der Waals surface area contributed by atoms with E-state index in [1.807, 2.05) is 37.3 Å². The summed E-state index contributed by atoms with van der Waals surface area (Å²) in [6.07, 6.45) is 1.57. The third-order valence-electron chi connectivity index (χ3n) is 5.31. The molecule has 9 nitrogen and oxygen atoms in total. The average Bonchev–Trinajstić information content (AvgIpc) is 3.20. The topological polar surface area (TPSA) is 85.9 Å². The van der Waals surface area contributed by atoms with E-state index in [0.29, 0.717) is 36.2 Å². The molecular weight excluding hydrogens is 442 g/mol. The largest absolute Gasteiger partial charge is 0.494 e. The van der Waals surface area contributed by atoms with Gasteiger partial charge in [0.05, 0.1) is 25.4 Å². The minimum atomic E-state index is -0.352. The number of ether oxygens (including phenoxy) is 2. The zero-order chi connectivity index (χ0) is 23.2. The minimum Gasteiger partial charge on any atom is -0.494 e. The maximum atomic E-state index is 11.8. The van der Waals surface area contributed by atoms with E-state index in [-0.39, 0.29) is 5.97 Å². The summed E-state index contributed by atoms with van der Waals surface area (Å²) in [5.74, 6) is 1.80. The number of carbonyl (C=O) groups excluding carboxylic acids is 1. The highest BCUT2D eigenvalue weighted by Gasteiger charge is 2.20. The Balaban J connectivity index is 1.34. The van der Waals surface area contributed by atoms with Gasteiger partial charge in [0, 0.05) is 37.9 Å². The molecule has 1 aliphatic heterocycles. The standard InChI is InChI=1S/C23H27N5O4S/c1-3-30-19-8-5-17(6-9-19)21-25-28(23(33)32-21)16-26-11-13-27(14-12-26)20-10-7-18(15-24-20)22(29)31-4-2/h5-10,15H,3-4,11-14,16H2,1-2H3. The molecule has 3 aromatic rings. The van der Waals surface area contributed by atoms with Crippen LogP contribution in [0.3, 0.4) is 0 Å². The van der Waals surface area contributed by atoms with E-state index >= 15 is 0 Å². The Bertz CT molecular complexity index is 1120. The quantitative estimate of drug-likeness (QED) is 0.363. The lowest BCUT2D eigenvalue weighted by molar-refractivity contribution is 0.0526. The molecule has 1 fully saturated rings. The van der Waals surface area contributed by atoms with Gasteiger partial charge in [-0.1, -0.05) is 0 Å². The summed E-state index contributed by atoms with van der Waals surface area (Å²) in [7, 11) is 0. The average molecular weight is 470 g/mol. The molecule has 0 atom stereocenters. The van der Waals surface area contributed by atoms with Gasteiger partial charge in [-0.2, -0.15) is 0 Å². The molecule has 33 heavy (non-hydrogen) atoms. The molecule has 0 bridgehead atoms. The summed E-state index contributed by atoms with van der Waals surface area (Å²) >= 11 is 5.38. The van der Waals surface area contributed by atoms with Crippen LogP contribution in [0.5, 0.6) is 5.75 Å². The first-order valence-electron chi connectivity index (χ1n) is 11.0. The summed E-state index contributed by atoms with van der Waals surface area (Å²) in [5, 5.41) is 4.56. The summed E-state index contributed by atoms with van der Waals surface area (Å²) in [6, 6.07) is 11.2. The van der Waals surface area contributed by atoms with Crippen LogP contribution in [0.15, 0.2) is 47.0 Å². The Kier molecular flexibility index (Phi) is 7.36.